The molecule has 0 aromatic heterocycles. The van der Waals surface area contributed by atoms with Crippen LogP contribution in [0.25, 0.3) is 0 Å². The van der Waals surface area contributed by atoms with E-state index in [9.17, 15) is 14.7 Å². The summed E-state index contributed by atoms with van der Waals surface area (Å²) in [4.78, 5) is 24.7. The molecule has 5 nitrogen and oxygen atoms in total. The molecule has 2 fully saturated rings. The number of carboxylic acid groups (broad SMARTS) is 1. The summed E-state index contributed by atoms with van der Waals surface area (Å²) in [6.07, 6.45) is 6.73. The standard InChI is InChI=1S/C32H31ClO5.Na/c33-23-12-4-19(5-13-23)2-1-3-28(34)21-10-14-24(15-11-21)38-31-26(20-6-7-20)18-27-25(32(35)36)16-17-37-30(27)29(31)22-8-9-22;/h4-5,10-15,18,20,22,25H,1-3,6-9,16-17H2,(H,35,36);/q;+1/p-1. The SMILES string of the molecule is O=C(CCCc1ccc(Cl)cc1)c1ccc(Oc2c(C3CC3)cc3c(c2C2CC2)OCCC3C(=O)[O-])cc1.[Na+]. The Morgan fingerprint density at radius 3 is 2.26 bits per heavy atom. The van der Waals surface area contributed by atoms with Crippen molar-refractivity contribution >= 4 is 23.4 Å². The summed E-state index contributed by atoms with van der Waals surface area (Å²) in [5.74, 6) is 1.28. The molecule has 0 spiro atoms. The van der Waals surface area contributed by atoms with Crippen molar-refractivity contribution < 1.29 is 53.7 Å². The summed E-state index contributed by atoms with van der Waals surface area (Å²) in [5, 5.41) is 12.6. The fraction of sp³-hybridized carbons (Fsp3) is 0.375. The number of carboxylic acids is 1. The second-order valence-corrected chi connectivity index (χ2v) is 11.2. The van der Waals surface area contributed by atoms with E-state index >= 15 is 0 Å². The number of aryl methyl sites for hydroxylation is 1. The molecule has 1 unspecified atom stereocenters. The van der Waals surface area contributed by atoms with Crippen molar-refractivity contribution in [1.82, 2.24) is 0 Å². The van der Waals surface area contributed by atoms with Crippen molar-refractivity contribution in [1.29, 1.82) is 0 Å². The van der Waals surface area contributed by atoms with E-state index in [-0.39, 0.29) is 35.3 Å². The van der Waals surface area contributed by atoms with Crippen molar-refractivity contribution in [2.75, 3.05) is 6.61 Å². The molecule has 196 valence electrons. The predicted molar refractivity (Wildman–Crippen MR) is 143 cm³/mol. The van der Waals surface area contributed by atoms with Crippen LogP contribution in [-0.2, 0) is 11.2 Å². The van der Waals surface area contributed by atoms with Crippen molar-refractivity contribution in [2.45, 2.75) is 69.1 Å². The predicted octanol–water partition coefficient (Wildman–Crippen LogP) is 3.71. The Morgan fingerprint density at radius 1 is 0.923 bits per heavy atom. The van der Waals surface area contributed by atoms with Gasteiger partial charge < -0.3 is 19.4 Å². The monoisotopic (exact) mass is 552 g/mol. The number of ketones is 1. The molecule has 0 amide bonds. The zero-order chi connectivity index (χ0) is 26.2. The van der Waals surface area contributed by atoms with Gasteiger partial charge in [0, 0.05) is 40.0 Å². The number of fused-ring (bicyclic) bond motifs is 1. The van der Waals surface area contributed by atoms with Crippen molar-refractivity contribution in [3.05, 3.63) is 87.4 Å². The van der Waals surface area contributed by atoms with Gasteiger partial charge >= 0.3 is 29.6 Å². The van der Waals surface area contributed by atoms with Crippen molar-refractivity contribution in [3.8, 4) is 17.2 Å². The molecular formula is C32H30ClNaO5. The van der Waals surface area contributed by atoms with Gasteiger partial charge in [0.1, 0.15) is 17.2 Å². The molecule has 1 atom stereocenters. The van der Waals surface area contributed by atoms with Crippen LogP contribution in [0, 0.1) is 0 Å². The van der Waals surface area contributed by atoms with Crippen LogP contribution in [-0.4, -0.2) is 18.4 Å². The number of carbonyl (C=O) groups is 2. The molecular weight excluding hydrogens is 523 g/mol. The molecule has 0 saturated heterocycles. The molecule has 3 aromatic carbocycles. The third kappa shape index (κ3) is 6.38. The molecule has 3 aromatic rings. The average molecular weight is 553 g/mol. The summed E-state index contributed by atoms with van der Waals surface area (Å²) in [7, 11) is 0. The Labute approximate surface area is 256 Å². The molecule has 1 aliphatic heterocycles. The van der Waals surface area contributed by atoms with Gasteiger partial charge in [-0.3, -0.25) is 4.79 Å². The maximum absolute atomic E-state index is 12.8. The van der Waals surface area contributed by atoms with Crippen LogP contribution in [0.4, 0.5) is 0 Å². The molecule has 0 N–H and O–H groups in total. The van der Waals surface area contributed by atoms with E-state index in [1.54, 1.807) is 0 Å². The van der Waals surface area contributed by atoms with E-state index in [0.717, 1.165) is 61.0 Å². The maximum atomic E-state index is 12.8. The molecule has 0 radical (unpaired) electrons. The molecule has 6 rings (SSSR count). The summed E-state index contributed by atoms with van der Waals surface area (Å²) >= 11 is 5.95. The normalized spacial score (nSPS) is 17.9. The van der Waals surface area contributed by atoms with E-state index < -0.39 is 11.9 Å². The molecule has 7 heteroatoms. The molecule has 2 saturated carbocycles. The quantitative estimate of drug-likeness (QED) is 0.283. The Bertz CT molecular complexity index is 1360. The van der Waals surface area contributed by atoms with Crippen LogP contribution in [0.3, 0.4) is 0 Å². The number of rotatable bonds is 10. The van der Waals surface area contributed by atoms with Gasteiger partial charge in [-0.25, -0.2) is 0 Å². The van der Waals surface area contributed by atoms with Crippen LogP contribution >= 0.6 is 11.6 Å². The minimum Gasteiger partial charge on any atom is -0.549 e. The summed E-state index contributed by atoms with van der Waals surface area (Å²) < 4.78 is 12.6. The fourth-order valence-electron chi connectivity index (χ4n) is 5.44. The molecule has 1 heterocycles. The Kier molecular flexibility index (Phi) is 8.72. The van der Waals surface area contributed by atoms with Crippen molar-refractivity contribution in [2.24, 2.45) is 0 Å². The van der Waals surface area contributed by atoms with Gasteiger partial charge in [0.25, 0.3) is 0 Å². The molecule has 3 aliphatic rings. The first-order chi connectivity index (χ1) is 18.5. The van der Waals surface area contributed by atoms with E-state index in [1.165, 1.54) is 5.56 Å². The Balaban J connectivity index is 0.00000308. The fourth-order valence-corrected chi connectivity index (χ4v) is 5.57. The third-order valence-electron chi connectivity index (χ3n) is 7.82. The van der Waals surface area contributed by atoms with Crippen LogP contribution in [0.2, 0.25) is 5.02 Å². The number of aliphatic carboxylic acids is 1. The third-order valence-corrected chi connectivity index (χ3v) is 8.07. The van der Waals surface area contributed by atoms with Crippen LogP contribution in [0.5, 0.6) is 17.2 Å². The van der Waals surface area contributed by atoms with Crippen molar-refractivity contribution in [3.63, 3.8) is 0 Å². The number of hydrogen-bond donors (Lipinski definition) is 0. The topological polar surface area (TPSA) is 75.7 Å². The summed E-state index contributed by atoms with van der Waals surface area (Å²) in [6, 6.07) is 17.1. The van der Waals surface area contributed by atoms with E-state index in [1.807, 2.05) is 54.6 Å². The second-order valence-electron chi connectivity index (χ2n) is 10.7. The second kappa shape index (κ2) is 12.1. The Morgan fingerprint density at radius 2 is 1.62 bits per heavy atom. The smallest absolute Gasteiger partial charge is 0.549 e. The van der Waals surface area contributed by atoms with Crippen LogP contribution in [0.15, 0.2) is 54.6 Å². The summed E-state index contributed by atoms with van der Waals surface area (Å²) in [6.45, 7) is 0.364. The number of Topliss-reactive ketones (excluding diaryl/α,β-unsaturated/α-hetero) is 1. The first kappa shape index (κ1) is 28.2. The minimum atomic E-state index is -1.04. The minimum absolute atomic E-state index is 0. The molecule has 39 heavy (non-hydrogen) atoms. The van der Waals surface area contributed by atoms with Gasteiger partial charge in [0.15, 0.2) is 5.78 Å². The maximum Gasteiger partial charge on any atom is 1.00 e. The average Bonchev–Trinajstić information content (AvgIpc) is 3.83. The Hall–Kier alpha value is -2.31. The van der Waals surface area contributed by atoms with E-state index in [4.69, 9.17) is 21.1 Å². The van der Waals surface area contributed by atoms with Gasteiger partial charge in [-0.05, 0) is 110 Å². The number of hydrogen-bond acceptors (Lipinski definition) is 5. The van der Waals surface area contributed by atoms with E-state index in [2.05, 4.69) is 0 Å². The summed E-state index contributed by atoms with van der Waals surface area (Å²) in [5.41, 5.74) is 4.67. The molecule has 0 bridgehead atoms. The number of halogens is 1. The molecule has 2 aliphatic carbocycles. The zero-order valence-electron chi connectivity index (χ0n) is 22.2. The zero-order valence-corrected chi connectivity index (χ0v) is 25.0. The van der Waals surface area contributed by atoms with Gasteiger partial charge in [0.05, 0.1) is 6.61 Å². The van der Waals surface area contributed by atoms with Crippen LogP contribution < -0.4 is 44.1 Å². The van der Waals surface area contributed by atoms with E-state index in [0.29, 0.717) is 53.4 Å². The van der Waals surface area contributed by atoms with Gasteiger partial charge in [-0.1, -0.05) is 23.7 Å². The number of ether oxygens (including phenoxy) is 2. The van der Waals surface area contributed by atoms with Gasteiger partial charge in [0.2, 0.25) is 0 Å². The largest absolute Gasteiger partial charge is 1.00 e. The first-order valence-electron chi connectivity index (χ1n) is 13.6. The van der Waals surface area contributed by atoms with Gasteiger partial charge in [-0.15, -0.1) is 0 Å². The first-order valence-corrected chi connectivity index (χ1v) is 14.0. The van der Waals surface area contributed by atoms with Crippen LogP contribution in [0.1, 0.15) is 95.3 Å². The van der Waals surface area contributed by atoms with Gasteiger partial charge in [-0.2, -0.15) is 0 Å². The number of benzene rings is 3. The number of carbonyl (C=O) groups excluding carboxylic acids is 2.